The van der Waals surface area contributed by atoms with Crippen molar-refractivity contribution in [1.29, 1.82) is 0 Å². The summed E-state index contributed by atoms with van der Waals surface area (Å²) < 4.78 is 0. The third kappa shape index (κ3) is 3.58. The smallest absolute Gasteiger partial charge is 0.145 e. The highest BCUT2D eigenvalue weighted by Gasteiger charge is 2.23. The van der Waals surface area contributed by atoms with E-state index in [0.29, 0.717) is 0 Å². The van der Waals surface area contributed by atoms with Crippen LogP contribution in [0.4, 0.5) is 0 Å². The molecule has 0 aliphatic heterocycles. The highest BCUT2D eigenvalue weighted by Crippen LogP contribution is 2.26. The Morgan fingerprint density at radius 2 is 1.79 bits per heavy atom. The van der Waals surface area contributed by atoms with E-state index in [2.05, 4.69) is 34.1 Å². The molecule has 2 aromatic heterocycles. The lowest BCUT2D eigenvalue weighted by molar-refractivity contribution is 0.439. The molecule has 0 amide bonds. The van der Waals surface area contributed by atoms with Crippen molar-refractivity contribution in [3.8, 4) is 0 Å². The lowest BCUT2D eigenvalue weighted by atomic mass is 9.96. The normalized spacial score (nSPS) is 14.0. The van der Waals surface area contributed by atoms with E-state index in [-0.39, 0.29) is 12.0 Å². The summed E-state index contributed by atoms with van der Waals surface area (Å²) in [6.45, 7) is 5.26. The first-order valence-corrected chi connectivity index (χ1v) is 6.74. The van der Waals surface area contributed by atoms with Crippen molar-refractivity contribution in [1.82, 2.24) is 20.3 Å². The maximum Gasteiger partial charge on any atom is 0.145 e. The van der Waals surface area contributed by atoms with Gasteiger partial charge in [-0.15, -0.1) is 0 Å². The molecule has 0 aliphatic rings. The number of pyridine rings is 1. The summed E-state index contributed by atoms with van der Waals surface area (Å²) >= 11 is 0. The molecular weight excluding hydrogens is 236 g/mol. The van der Waals surface area contributed by atoms with Gasteiger partial charge in [-0.05, 0) is 31.2 Å². The van der Waals surface area contributed by atoms with E-state index in [9.17, 15) is 0 Å². The number of aromatic nitrogens is 3. The van der Waals surface area contributed by atoms with Crippen LogP contribution in [-0.2, 0) is 0 Å². The van der Waals surface area contributed by atoms with Crippen molar-refractivity contribution >= 4 is 0 Å². The van der Waals surface area contributed by atoms with Crippen LogP contribution < -0.4 is 5.32 Å². The fourth-order valence-electron chi connectivity index (χ4n) is 2.08. The fourth-order valence-corrected chi connectivity index (χ4v) is 2.08. The topological polar surface area (TPSA) is 50.7 Å². The van der Waals surface area contributed by atoms with Crippen molar-refractivity contribution in [2.75, 3.05) is 6.54 Å². The molecule has 0 saturated carbocycles. The lowest BCUT2D eigenvalue weighted by Crippen LogP contribution is -2.28. The van der Waals surface area contributed by atoms with Gasteiger partial charge in [0, 0.05) is 30.2 Å². The Labute approximate surface area is 114 Å². The van der Waals surface area contributed by atoms with Gasteiger partial charge in [0.15, 0.2) is 0 Å². The summed E-state index contributed by atoms with van der Waals surface area (Å²) in [7, 11) is 0. The second-order valence-electron chi connectivity index (χ2n) is 4.58. The van der Waals surface area contributed by atoms with E-state index in [1.165, 1.54) is 0 Å². The zero-order chi connectivity index (χ0) is 13.5. The predicted molar refractivity (Wildman–Crippen MR) is 75.7 cm³/mol. The van der Waals surface area contributed by atoms with Gasteiger partial charge in [-0.3, -0.25) is 4.98 Å². The highest BCUT2D eigenvalue weighted by molar-refractivity contribution is 5.14. The Balaban J connectivity index is 2.22. The molecule has 2 rings (SSSR count). The van der Waals surface area contributed by atoms with Gasteiger partial charge in [-0.1, -0.05) is 19.9 Å². The van der Waals surface area contributed by atoms with Crippen molar-refractivity contribution in [2.45, 2.75) is 32.2 Å². The standard InChI is InChI=1S/C15H20N4/c1-3-8-17-14(15-18-10-6-11-19-15)12(2)13-7-4-5-9-16-13/h4-7,9-12,14,17H,3,8H2,1-2H3. The average Bonchev–Trinajstić information content (AvgIpc) is 2.49. The molecule has 4 nitrogen and oxygen atoms in total. The zero-order valence-corrected chi connectivity index (χ0v) is 11.5. The van der Waals surface area contributed by atoms with E-state index in [4.69, 9.17) is 0 Å². The molecular formula is C15H20N4. The molecule has 2 unspecified atom stereocenters. The van der Waals surface area contributed by atoms with Gasteiger partial charge < -0.3 is 5.32 Å². The summed E-state index contributed by atoms with van der Waals surface area (Å²) in [4.78, 5) is 13.2. The van der Waals surface area contributed by atoms with Crippen LogP contribution in [0.3, 0.4) is 0 Å². The summed E-state index contributed by atoms with van der Waals surface area (Å²) in [5, 5.41) is 3.52. The fraction of sp³-hybridized carbons (Fsp3) is 0.400. The van der Waals surface area contributed by atoms with E-state index in [1.807, 2.05) is 30.5 Å². The second-order valence-corrected chi connectivity index (χ2v) is 4.58. The molecule has 0 fully saturated rings. The average molecular weight is 256 g/mol. The van der Waals surface area contributed by atoms with E-state index in [1.54, 1.807) is 12.4 Å². The van der Waals surface area contributed by atoms with Crippen molar-refractivity contribution < 1.29 is 0 Å². The zero-order valence-electron chi connectivity index (χ0n) is 11.5. The van der Waals surface area contributed by atoms with Crippen LogP contribution in [0.2, 0.25) is 0 Å². The third-order valence-electron chi connectivity index (χ3n) is 3.13. The van der Waals surface area contributed by atoms with E-state index < -0.39 is 0 Å². The number of nitrogens with zero attached hydrogens (tertiary/aromatic N) is 3. The molecule has 19 heavy (non-hydrogen) atoms. The maximum atomic E-state index is 4.44. The van der Waals surface area contributed by atoms with Gasteiger partial charge in [0.1, 0.15) is 5.82 Å². The van der Waals surface area contributed by atoms with Gasteiger partial charge in [-0.25, -0.2) is 9.97 Å². The molecule has 0 aliphatic carbocycles. The Morgan fingerprint density at radius 1 is 1.05 bits per heavy atom. The summed E-state index contributed by atoms with van der Waals surface area (Å²) in [6.07, 6.45) is 6.48. The van der Waals surface area contributed by atoms with Crippen LogP contribution >= 0.6 is 0 Å². The maximum absolute atomic E-state index is 4.44. The molecule has 0 radical (unpaired) electrons. The number of nitrogens with one attached hydrogen (secondary N) is 1. The number of hydrogen-bond acceptors (Lipinski definition) is 4. The third-order valence-corrected chi connectivity index (χ3v) is 3.13. The first kappa shape index (κ1) is 13.6. The minimum Gasteiger partial charge on any atom is -0.307 e. The molecule has 0 spiro atoms. The lowest BCUT2D eigenvalue weighted by Gasteiger charge is -2.23. The number of hydrogen-bond donors (Lipinski definition) is 1. The van der Waals surface area contributed by atoms with Crippen molar-refractivity contribution in [3.63, 3.8) is 0 Å². The van der Waals surface area contributed by atoms with Crippen molar-refractivity contribution in [2.24, 2.45) is 0 Å². The van der Waals surface area contributed by atoms with Gasteiger partial charge in [-0.2, -0.15) is 0 Å². The first-order valence-electron chi connectivity index (χ1n) is 6.74. The SMILES string of the molecule is CCCNC(c1ncccn1)C(C)c1ccccn1. The van der Waals surface area contributed by atoms with Crippen LogP contribution in [-0.4, -0.2) is 21.5 Å². The van der Waals surface area contributed by atoms with Gasteiger partial charge in [0.05, 0.1) is 6.04 Å². The van der Waals surface area contributed by atoms with Crippen molar-refractivity contribution in [3.05, 3.63) is 54.4 Å². The predicted octanol–water partition coefficient (Wildman–Crippen LogP) is 2.72. The second kappa shape index (κ2) is 6.95. The quantitative estimate of drug-likeness (QED) is 0.863. The molecule has 100 valence electrons. The summed E-state index contributed by atoms with van der Waals surface area (Å²) in [5.41, 5.74) is 1.06. The van der Waals surface area contributed by atoms with Crippen LogP contribution in [0.5, 0.6) is 0 Å². The summed E-state index contributed by atoms with van der Waals surface area (Å²) in [6, 6.07) is 7.93. The van der Waals surface area contributed by atoms with Gasteiger partial charge >= 0.3 is 0 Å². The Morgan fingerprint density at radius 3 is 2.42 bits per heavy atom. The largest absolute Gasteiger partial charge is 0.307 e. The molecule has 2 aromatic rings. The molecule has 0 aromatic carbocycles. The highest BCUT2D eigenvalue weighted by atomic mass is 15.0. The Bertz CT molecular complexity index is 472. The monoisotopic (exact) mass is 256 g/mol. The molecule has 1 N–H and O–H groups in total. The number of rotatable bonds is 6. The molecule has 4 heteroatoms. The van der Waals surface area contributed by atoms with Crippen LogP contribution in [0.25, 0.3) is 0 Å². The summed E-state index contributed by atoms with van der Waals surface area (Å²) in [5.74, 6) is 1.06. The molecule has 2 atom stereocenters. The van der Waals surface area contributed by atoms with Gasteiger partial charge in [0.25, 0.3) is 0 Å². The minimum atomic E-state index is 0.0936. The molecule has 2 heterocycles. The van der Waals surface area contributed by atoms with Crippen LogP contribution in [0, 0.1) is 0 Å². The minimum absolute atomic E-state index is 0.0936. The van der Waals surface area contributed by atoms with Crippen LogP contribution in [0.1, 0.15) is 43.7 Å². The first-order chi connectivity index (χ1) is 9.33. The molecule has 0 saturated heterocycles. The Kier molecular flexibility index (Phi) is 4.98. The van der Waals surface area contributed by atoms with Crippen LogP contribution in [0.15, 0.2) is 42.9 Å². The molecule has 0 bridgehead atoms. The van der Waals surface area contributed by atoms with E-state index in [0.717, 1.165) is 24.5 Å². The Hall–Kier alpha value is -1.81. The van der Waals surface area contributed by atoms with E-state index >= 15 is 0 Å². The van der Waals surface area contributed by atoms with Gasteiger partial charge in [0.2, 0.25) is 0 Å².